The highest BCUT2D eigenvalue weighted by Gasteiger charge is 2.41. The van der Waals surface area contributed by atoms with Crippen LogP contribution in [0.5, 0.6) is 5.75 Å². The second-order valence-corrected chi connectivity index (χ2v) is 7.43. The lowest BCUT2D eigenvalue weighted by Crippen LogP contribution is -2.37. The van der Waals surface area contributed by atoms with Crippen LogP contribution in [0.1, 0.15) is 43.5 Å². The van der Waals surface area contributed by atoms with E-state index in [0.29, 0.717) is 18.0 Å². The largest absolute Gasteiger partial charge is 0.493 e. The summed E-state index contributed by atoms with van der Waals surface area (Å²) in [4.78, 5) is 14.5. The minimum atomic E-state index is -0.150. The van der Waals surface area contributed by atoms with Crippen molar-refractivity contribution >= 4 is 5.91 Å². The molecule has 1 unspecified atom stereocenters. The Morgan fingerprint density at radius 2 is 2.04 bits per heavy atom. The fourth-order valence-electron chi connectivity index (χ4n) is 3.23. The van der Waals surface area contributed by atoms with Crippen molar-refractivity contribution in [1.29, 1.82) is 0 Å². The molecule has 2 fully saturated rings. The topological polar surface area (TPSA) is 49.8 Å². The van der Waals surface area contributed by atoms with Crippen LogP contribution in [0, 0.1) is 17.3 Å². The van der Waals surface area contributed by atoms with Gasteiger partial charge >= 0.3 is 0 Å². The molecule has 1 N–H and O–H groups in total. The number of hydrogen-bond donors (Lipinski definition) is 1. The van der Waals surface area contributed by atoms with Crippen LogP contribution in [0.25, 0.3) is 0 Å². The van der Waals surface area contributed by atoms with E-state index in [0.717, 1.165) is 31.2 Å². The number of aliphatic hydroxyl groups is 1. The number of amides is 1. The fourth-order valence-corrected chi connectivity index (χ4v) is 3.23. The highest BCUT2D eigenvalue weighted by molar-refractivity contribution is 5.94. The van der Waals surface area contributed by atoms with E-state index in [1.807, 2.05) is 29.2 Å². The minimum Gasteiger partial charge on any atom is -0.493 e. The number of hydrogen-bond acceptors (Lipinski definition) is 3. The smallest absolute Gasteiger partial charge is 0.253 e. The molecule has 23 heavy (non-hydrogen) atoms. The number of benzene rings is 1. The first-order valence-corrected chi connectivity index (χ1v) is 8.67. The number of ether oxygens (including phenoxy) is 1. The Kier molecular flexibility index (Phi) is 4.62. The third kappa shape index (κ3) is 3.52. The molecule has 4 heteroatoms. The van der Waals surface area contributed by atoms with E-state index < -0.39 is 0 Å². The Labute approximate surface area is 138 Å². The summed E-state index contributed by atoms with van der Waals surface area (Å²) in [5.74, 6) is 1.98. The van der Waals surface area contributed by atoms with Gasteiger partial charge in [0.1, 0.15) is 5.75 Å². The van der Waals surface area contributed by atoms with E-state index >= 15 is 0 Å². The Morgan fingerprint density at radius 3 is 2.57 bits per heavy atom. The molecule has 0 bridgehead atoms. The predicted molar refractivity (Wildman–Crippen MR) is 89.5 cm³/mol. The summed E-state index contributed by atoms with van der Waals surface area (Å²) in [6, 6.07) is 7.46. The van der Waals surface area contributed by atoms with Gasteiger partial charge in [-0.3, -0.25) is 4.79 Å². The van der Waals surface area contributed by atoms with Gasteiger partial charge in [-0.15, -0.1) is 0 Å². The van der Waals surface area contributed by atoms with Gasteiger partial charge in [-0.2, -0.15) is 0 Å². The highest BCUT2D eigenvalue weighted by atomic mass is 16.5. The first kappa shape index (κ1) is 16.3. The average molecular weight is 317 g/mol. The molecule has 1 saturated heterocycles. The zero-order chi connectivity index (χ0) is 16.4. The zero-order valence-corrected chi connectivity index (χ0v) is 14.1. The van der Waals surface area contributed by atoms with Gasteiger partial charge in [0.05, 0.1) is 13.2 Å². The van der Waals surface area contributed by atoms with E-state index in [4.69, 9.17) is 4.74 Å². The van der Waals surface area contributed by atoms with Crippen LogP contribution in [-0.4, -0.2) is 42.2 Å². The van der Waals surface area contributed by atoms with Crippen molar-refractivity contribution in [3.63, 3.8) is 0 Å². The van der Waals surface area contributed by atoms with Crippen LogP contribution < -0.4 is 4.74 Å². The molecule has 4 nitrogen and oxygen atoms in total. The molecular formula is C19H27NO3. The molecule has 126 valence electrons. The van der Waals surface area contributed by atoms with Crippen LogP contribution in [0.15, 0.2) is 24.3 Å². The molecular weight excluding hydrogens is 290 g/mol. The van der Waals surface area contributed by atoms with Crippen LogP contribution >= 0.6 is 0 Å². The lowest BCUT2D eigenvalue weighted by molar-refractivity contribution is 0.0650. The third-order valence-corrected chi connectivity index (χ3v) is 5.50. The Balaban J connectivity index is 1.61. The summed E-state index contributed by atoms with van der Waals surface area (Å²) < 4.78 is 5.71. The van der Waals surface area contributed by atoms with E-state index in [1.54, 1.807) is 0 Å². The monoisotopic (exact) mass is 317 g/mol. The second kappa shape index (κ2) is 6.52. The minimum absolute atomic E-state index is 0.0507. The summed E-state index contributed by atoms with van der Waals surface area (Å²) in [7, 11) is 0. The molecule has 1 amide bonds. The quantitative estimate of drug-likeness (QED) is 0.877. The van der Waals surface area contributed by atoms with Crippen molar-refractivity contribution in [3.8, 4) is 5.75 Å². The van der Waals surface area contributed by atoms with Crippen molar-refractivity contribution in [2.45, 2.75) is 33.1 Å². The predicted octanol–water partition coefficient (Wildman–Crippen LogP) is 2.96. The van der Waals surface area contributed by atoms with E-state index in [9.17, 15) is 9.90 Å². The van der Waals surface area contributed by atoms with Crippen molar-refractivity contribution in [2.24, 2.45) is 17.3 Å². The Bertz CT molecular complexity index is 550. The lowest BCUT2D eigenvalue weighted by Gasteiger charge is -2.31. The van der Waals surface area contributed by atoms with Crippen molar-refractivity contribution in [2.75, 3.05) is 26.3 Å². The average Bonchev–Trinajstić information content (AvgIpc) is 3.29. The van der Waals surface area contributed by atoms with Crippen molar-refractivity contribution in [1.82, 2.24) is 4.90 Å². The van der Waals surface area contributed by atoms with E-state index in [-0.39, 0.29) is 17.9 Å². The normalized spacial score (nSPS) is 24.3. The Hall–Kier alpha value is -1.55. The molecule has 3 rings (SSSR count). The number of nitrogens with zero attached hydrogens (tertiary/aromatic N) is 1. The SMILES string of the molecule is CC(C)C1(CO)CCN(C(=O)c2ccc(OCC3CC3)cc2)C1. The standard InChI is InChI=1S/C19H27NO3/c1-14(2)19(13-21)9-10-20(12-19)18(22)16-5-7-17(8-6-16)23-11-15-3-4-15/h5-8,14-15,21H,3-4,9-13H2,1-2H3. The maximum Gasteiger partial charge on any atom is 0.253 e. The zero-order valence-electron chi connectivity index (χ0n) is 14.1. The molecule has 1 aliphatic heterocycles. The summed E-state index contributed by atoms with van der Waals surface area (Å²) in [6.45, 7) is 6.53. The molecule has 1 aromatic rings. The highest BCUT2D eigenvalue weighted by Crippen LogP contribution is 2.38. The second-order valence-electron chi connectivity index (χ2n) is 7.43. The summed E-state index contributed by atoms with van der Waals surface area (Å²) >= 11 is 0. The molecule has 1 saturated carbocycles. The molecule has 2 aliphatic rings. The fraction of sp³-hybridized carbons (Fsp3) is 0.632. The summed E-state index contributed by atoms with van der Waals surface area (Å²) in [6.07, 6.45) is 3.41. The van der Waals surface area contributed by atoms with Gasteiger partial charge in [-0.25, -0.2) is 0 Å². The number of likely N-dealkylation sites (tertiary alicyclic amines) is 1. The van der Waals surface area contributed by atoms with E-state index in [2.05, 4.69) is 13.8 Å². The first-order valence-electron chi connectivity index (χ1n) is 8.67. The van der Waals surface area contributed by atoms with Gasteiger partial charge < -0.3 is 14.7 Å². The maximum absolute atomic E-state index is 12.7. The molecule has 0 aromatic heterocycles. The van der Waals surface area contributed by atoms with Crippen LogP contribution in [0.2, 0.25) is 0 Å². The summed E-state index contributed by atoms with van der Waals surface area (Å²) in [5, 5.41) is 9.75. The number of carbonyl (C=O) groups excluding carboxylic acids is 1. The van der Waals surface area contributed by atoms with Crippen LogP contribution in [-0.2, 0) is 0 Å². The molecule has 1 atom stereocenters. The number of aliphatic hydroxyl groups excluding tert-OH is 1. The summed E-state index contributed by atoms with van der Waals surface area (Å²) in [5.41, 5.74) is 0.546. The Morgan fingerprint density at radius 1 is 1.35 bits per heavy atom. The molecule has 0 spiro atoms. The van der Waals surface area contributed by atoms with Gasteiger partial charge in [0.2, 0.25) is 0 Å². The molecule has 1 aliphatic carbocycles. The van der Waals surface area contributed by atoms with E-state index in [1.165, 1.54) is 12.8 Å². The van der Waals surface area contributed by atoms with Gasteiger partial charge in [0.25, 0.3) is 5.91 Å². The number of carbonyl (C=O) groups is 1. The lowest BCUT2D eigenvalue weighted by atomic mass is 9.77. The van der Waals surface area contributed by atoms with Crippen molar-refractivity contribution < 1.29 is 14.6 Å². The molecule has 1 aromatic carbocycles. The molecule has 0 radical (unpaired) electrons. The molecule has 1 heterocycles. The van der Waals surface area contributed by atoms with Gasteiger partial charge in [0.15, 0.2) is 0 Å². The van der Waals surface area contributed by atoms with Crippen LogP contribution in [0.4, 0.5) is 0 Å². The van der Waals surface area contributed by atoms with Crippen LogP contribution in [0.3, 0.4) is 0 Å². The maximum atomic E-state index is 12.7. The van der Waals surface area contributed by atoms with Crippen molar-refractivity contribution in [3.05, 3.63) is 29.8 Å². The third-order valence-electron chi connectivity index (χ3n) is 5.50. The van der Waals surface area contributed by atoms with Gasteiger partial charge in [0, 0.05) is 24.1 Å². The number of rotatable bonds is 6. The van der Waals surface area contributed by atoms with Gasteiger partial charge in [-0.05, 0) is 55.4 Å². The van der Waals surface area contributed by atoms with Gasteiger partial charge in [-0.1, -0.05) is 13.8 Å². The first-order chi connectivity index (χ1) is 11.0.